The van der Waals surface area contributed by atoms with Crippen LogP contribution in [-0.4, -0.2) is 83.3 Å². The predicted octanol–water partition coefficient (Wildman–Crippen LogP) is 6.65. The van der Waals surface area contributed by atoms with Crippen LogP contribution in [0.5, 0.6) is 5.75 Å². The Morgan fingerprint density at radius 1 is 0.931 bits per heavy atom. The van der Waals surface area contributed by atoms with Gasteiger partial charge in [-0.05, 0) is 92.2 Å². The summed E-state index contributed by atoms with van der Waals surface area (Å²) >= 11 is 6.25. The molecular formula is C46H53ClN6O5. The Balaban J connectivity index is 0.740. The van der Waals surface area contributed by atoms with Crippen molar-refractivity contribution in [1.29, 1.82) is 5.26 Å². The average Bonchev–Trinajstić information content (AvgIpc) is 3.90. The first-order chi connectivity index (χ1) is 27.7. The first kappa shape index (κ1) is 39.9. The van der Waals surface area contributed by atoms with Crippen molar-refractivity contribution in [2.24, 2.45) is 10.8 Å². The van der Waals surface area contributed by atoms with Crippen LogP contribution in [0.4, 0.5) is 5.69 Å². The van der Waals surface area contributed by atoms with E-state index in [4.69, 9.17) is 16.3 Å². The quantitative estimate of drug-likeness (QED) is 0.145. The number of nitrogens with one attached hydrogen (secondary N) is 2. The number of hydrogen-bond acceptors (Lipinski definition) is 8. The molecule has 4 fully saturated rings. The number of likely N-dealkylation sites (tertiary alicyclic amines) is 1. The number of anilines is 1. The van der Waals surface area contributed by atoms with E-state index in [1.807, 2.05) is 18.2 Å². The Hall–Kier alpha value is -4.92. The minimum Gasteiger partial charge on any atom is -0.489 e. The van der Waals surface area contributed by atoms with Crippen molar-refractivity contribution in [1.82, 2.24) is 20.4 Å². The molecule has 4 aliphatic heterocycles. The Kier molecular flexibility index (Phi) is 10.8. The van der Waals surface area contributed by atoms with Gasteiger partial charge in [-0.15, -0.1) is 0 Å². The molecule has 3 aromatic carbocycles. The van der Waals surface area contributed by atoms with Gasteiger partial charge in [0.2, 0.25) is 11.8 Å². The van der Waals surface area contributed by atoms with E-state index in [0.29, 0.717) is 52.5 Å². The molecule has 5 aliphatic rings. The van der Waals surface area contributed by atoms with E-state index in [9.17, 15) is 24.4 Å². The Bertz CT molecular complexity index is 2150. The van der Waals surface area contributed by atoms with Crippen LogP contribution < -0.4 is 20.3 Å². The Labute approximate surface area is 346 Å². The number of carbonyl (C=O) groups is 4. The van der Waals surface area contributed by atoms with E-state index in [-0.39, 0.29) is 53.0 Å². The molecule has 3 saturated heterocycles. The lowest BCUT2D eigenvalue weighted by Crippen LogP contribution is -2.74. The van der Waals surface area contributed by atoms with Crippen molar-refractivity contribution < 1.29 is 23.9 Å². The van der Waals surface area contributed by atoms with Crippen LogP contribution in [0.25, 0.3) is 0 Å². The number of piperazine rings is 1. The first-order valence-corrected chi connectivity index (χ1v) is 21.2. The number of aryl methyl sites for hydroxylation is 1. The van der Waals surface area contributed by atoms with Gasteiger partial charge in [0.1, 0.15) is 24.0 Å². The van der Waals surface area contributed by atoms with Crippen LogP contribution in [0.15, 0.2) is 60.7 Å². The summed E-state index contributed by atoms with van der Waals surface area (Å²) in [6, 6.07) is 21.6. The number of unbranched alkanes of at least 4 members (excludes halogenated alkanes) is 3. The standard InChI is InChI=1S/C46H53ClN6O5/c1-45(2)43(46(3,4)44(45)58-35-16-14-30(24-48)37(47)23-35)50-40(55)29-12-10-28(11-13-29)9-7-5-6-8-20-51-26-34-22-33(51)27-52(34)32-15-17-36-31(21-32)25-53(42(36)57)38-18-19-39(54)49-41(38)56/h10-17,21,23,33-34,38,43-44H,5-9,18-20,22,25-27H2,1-4H3,(H,50,55)(H,49,54,56)/t33-,34-,38+,43?,44?/m1/s1. The highest BCUT2D eigenvalue weighted by atomic mass is 35.5. The topological polar surface area (TPSA) is 135 Å². The molecule has 3 atom stereocenters. The highest BCUT2D eigenvalue weighted by molar-refractivity contribution is 6.31. The van der Waals surface area contributed by atoms with Crippen molar-refractivity contribution in [3.63, 3.8) is 0 Å². The van der Waals surface area contributed by atoms with Gasteiger partial charge in [0.05, 0.1) is 10.6 Å². The normalized spacial score (nSPS) is 25.6. The third kappa shape index (κ3) is 7.46. The number of benzene rings is 3. The maximum Gasteiger partial charge on any atom is 0.255 e. The molecular weight excluding hydrogens is 752 g/mol. The second kappa shape index (κ2) is 15.7. The van der Waals surface area contributed by atoms with Gasteiger partial charge in [0.15, 0.2) is 0 Å². The van der Waals surface area contributed by atoms with Crippen LogP contribution in [0.1, 0.15) is 110 Å². The third-order valence-corrected chi connectivity index (χ3v) is 13.8. The van der Waals surface area contributed by atoms with E-state index in [1.165, 1.54) is 24.8 Å². The van der Waals surface area contributed by atoms with Crippen LogP contribution in [0, 0.1) is 22.2 Å². The molecule has 8 rings (SSSR count). The fourth-order valence-corrected chi connectivity index (χ4v) is 10.9. The summed E-state index contributed by atoms with van der Waals surface area (Å²) in [5.41, 5.74) is 4.42. The lowest BCUT2D eigenvalue weighted by atomic mass is 9.49. The summed E-state index contributed by atoms with van der Waals surface area (Å²) in [7, 11) is 0. The number of halogens is 1. The van der Waals surface area contributed by atoms with Crippen LogP contribution in [0.3, 0.4) is 0 Å². The predicted molar refractivity (Wildman–Crippen MR) is 222 cm³/mol. The lowest BCUT2D eigenvalue weighted by Gasteiger charge is -2.63. The number of fused-ring (bicyclic) bond motifs is 3. The van der Waals surface area contributed by atoms with Crippen LogP contribution >= 0.6 is 11.6 Å². The van der Waals surface area contributed by atoms with E-state index in [2.05, 4.69) is 78.5 Å². The SMILES string of the molecule is CC1(C)C(NC(=O)c2ccc(CCCCCCN3C[C@H]4C[C@@H]3CN4c3ccc4c(c3)CN([C@H]3CCC(=O)NC3=O)C4=O)cc2)C(C)(C)C1Oc1ccc(C#N)c(Cl)c1. The molecule has 3 aromatic rings. The van der Waals surface area contributed by atoms with Crippen molar-refractivity contribution in [3.8, 4) is 11.8 Å². The van der Waals surface area contributed by atoms with E-state index in [1.54, 1.807) is 23.1 Å². The van der Waals surface area contributed by atoms with Gasteiger partial charge < -0.3 is 19.9 Å². The number of hydrogen-bond donors (Lipinski definition) is 2. The average molecular weight is 805 g/mol. The second-order valence-corrected chi connectivity index (χ2v) is 18.5. The molecule has 0 spiro atoms. The number of piperidine rings is 1. The molecule has 2 N–H and O–H groups in total. The van der Waals surface area contributed by atoms with Gasteiger partial charge in [-0.2, -0.15) is 5.26 Å². The van der Waals surface area contributed by atoms with E-state index >= 15 is 0 Å². The number of rotatable bonds is 13. The lowest BCUT2D eigenvalue weighted by molar-refractivity contribution is -0.164. The molecule has 4 amide bonds. The van der Waals surface area contributed by atoms with Gasteiger partial charge in [-0.25, -0.2) is 0 Å². The number of imide groups is 1. The molecule has 4 heterocycles. The molecule has 1 saturated carbocycles. The zero-order valence-corrected chi connectivity index (χ0v) is 34.6. The van der Waals surface area contributed by atoms with Crippen molar-refractivity contribution in [3.05, 3.63) is 93.5 Å². The molecule has 0 radical (unpaired) electrons. The van der Waals surface area contributed by atoms with Crippen molar-refractivity contribution >= 4 is 40.9 Å². The molecule has 12 heteroatoms. The molecule has 58 heavy (non-hydrogen) atoms. The molecule has 304 valence electrons. The minimum atomic E-state index is -0.593. The van der Waals surface area contributed by atoms with Crippen molar-refractivity contribution in [2.75, 3.05) is 24.5 Å². The fraction of sp³-hybridized carbons (Fsp3) is 0.500. The third-order valence-electron chi connectivity index (χ3n) is 13.5. The van der Waals surface area contributed by atoms with Gasteiger partial charge >= 0.3 is 0 Å². The highest BCUT2D eigenvalue weighted by Gasteiger charge is 2.64. The number of ether oxygens (including phenoxy) is 1. The fourth-order valence-electron chi connectivity index (χ4n) is 10.7. The number of amides is 4. The monoisotopic (exact) mass is 804 g/mol. The van der Waals surface area contributed by atoms with Gasteiger partial charge in [-0.1, -0.05) is 64.3 Å². The molecule has 0 unspecified atom stereocenters. The zero-order valence-electron chi connectivity index (χ0n) is 33.9. The number of nitrogens with zero attached hydrogens (tertiary/aromatic N) is 4. The summed E-state index contributed by atoms with van der Waals surface area (Å²) in [5.74, 6) is -0.254. The Morgan fingerprint density at radius 3 is 2.38 bits per heavy atom. The molecule has 2 bridgehead atoms. The van der Waals surface area contributed by atoms with Crippen LogP contribution in [-0.2, 0) is 22.6 Å². The number of carbonyl (C=O) groups excluding carboxylic acids is 4. The van der Waals surface area contributed by atoms with Crippen LogP contribution in [0.2, 0.25) is 5.02 Å². The maximum absolute atomic E-state index is 13.4. The maximum atomic E-state index is 13.4. The second-order valence-electron chi connectivity index (χ2n) is 18.1. The summed E-state index contributed by atoms with van der Waals surface area (Å²) in [6.45, 7) is 12.0. The largest absolute Gasteiger partial charge is 0.489 e. The Morgan fingerprint density at radius 2 is 1.69 bits per heavy atom. The zero-order chi connectivity index (χ0) is 40.9. The molecule has 11 nitrogen and oxygen atoms in total. The molecule has 1 aliphatic carbocycles. The first-order valence-electron chi connectivity index (χ1n) is 20.8. The summed E-state index contributed by atoms with van der Waals surface area (Å²) < 4.78 is 6.37. The van der Waals surface area contributed by atoms with Gasteiger partial charge in [-0.3, -0.25) is 29.4 Å². The number of nitriles is 1. The summed E-state index contributed by atoms with van der Waals surface area (Å²) in [6.07, 6.45) is 7.28. The van der Waals surface area contributed by atoms with E-state index < -0.39 is 6.04 Å². The highest BCUT2D eigenvalue weighted by Crippen LogP contribution is 2.55. The smallest absolute Gasteiger partial charge is 0.255 e. The molecule has 0 aromatic heterocycles. The van der Waals surface area contributed by atoms with Gasteiger partial charge in [0, 0.05) is 77.9 Å². The summed E-state index contributed by atoms with van der Waals surface area (Å²) in [4.78, 5) is 57.4. The minimum absolute atomic E-state index is 0.0848. The van der Waals surface area contributed by atoms with Crippen molar-refractivity contribution in [2.45, 2.75) is 116 Å². The van der Waals surface area contributed by atoms with E-state index in [0.717, 1.165) is 50.1 Å². The summed E-state index contributed by atoms with van der Waals surface area (Å²) in [5, 5.41) is 15.2. The van der Waals surface area contributed by atoms with Gasteiger partial charge in [0.25, 0.3) is 11.8 Å².